The number of benzene rings is 3. The number of fused-ring (bicyclic) bond motifs is 1. The van der Waals surface area contributed by atoms with E-state index >= 15 is 0 Å². The quantitative estimate of drug-likeness (QED) is 0.416. The molecule has 2 N–H and O–H groups in total. The number of carbonyl (C=O) groups excluding carboxylic acids is 1. The maximum atomic E-state index is 13.4. The van der Waals surface area contributed by atoms with Gasteiger partial charge in [-0.1, -0.05) is 54.1 Å². The Morgan fingerprint density at radius 3 is 2.42 bits per heavy atom. The second-order valence-corrected chi connectivity index (χ2v) is 9.08. The molecule has 0 radical (unpaired) electrons. The van der Waals surface area contributed by atoms with Crippen LogP contribution in [0.4, 0.5) is 11.4 Å². The van der Waals surface area contributed by atoms with Gasteiger partial charge < -0.3 is 10.3 Å². The predicted octanol–water partition coefficient (Wildman–Crippen LogP) is 5.29. The number of amides is 1. The molecular formula is C23H20ClN3O3S. The molecule has 0 spiro atoms. The number of nitrogens with zero attached hydrogens (tertiary/aromatic N) is 1. The Balaban J connectivity index is 1.69. The van der Waals surface area contributed by atoms with Crippen LogP contribution >= 0.6 is 11.6 Å². The van der Waals surface area contributed by atoms with Crippen molar-refractivity contribution in [2.75, 3.05) is 16.2 Å². The van der Waals surface area contributed by atoms with Crippen molar-refractivity contribution in [3.63, 3.8) is 0 Å². The molecular weight excluding hydrogens is 434 g/mol. The number of halogens is 1. The number of aromatic nitrogens is 1. The van der Waals surface area contributed by atoms with E-state index in [1.54, 1.807) is 67.6 Å². The highest BCUT2D eigenvalue weighted by Crippen LogP contribution is 2.29. The van der Waals surface area contributed by atoms with E-state index in [1.807, 2.05) is 12.1 Å². The molecule has 1 aromatic heterocycles. The van der Waals surface area contributed by atoms with Crippen LogP contribution in [-0.2, 0) is 10.0 Å². The van der Waals surface area contributed by atoms with Gasteiger partial charge in [0, 0.05) is 11.9 Å². The van der Waals surface area contributed by atoms with Gasteiger partial charge in [-0.3, -0.25) is 9.10 Å². The molecule has 8 heteroatoms. The maximum absolute atomic E-state index is 13.4. The van der Waals surface area contributed by atoms with Crippen LogP contribution in [-0.4, -0.2) is 25.9 Å². The summed E-state index contributed by atoms with van der Waals surface area (Å²) in [5.41, 5.74) is 1.69. The van der Waals surface area contributed by atoms with Gasteiger partial charge in [0.1, 0.15) is 10.6 Å². The lowest BCUT2D eigenvalue weighted by Crippen LogP contribution is -2.31. The zero-order chi connectivity index (χ0) is 22.0. The summed E-state index contributed by atoms with van der Waals surface area (Å²) in [7, 11) is -3.91. The van der Waals surface area contributed by atoms with Gasteiger partial charge in [-0.25, -0.2) is 8.42 Å². The lowest BCUT2D eigenvalue weighted by molar-refractivity contribution is 0.102. The summed E-state index contributed by atoms with van der Waals surface area (Å²) in [6.45, 7) is 2.01. The highest BCUT2D eigenvalue weighted by Gasteiger charge is 2.27. The van der Waals surface area contributed by atoms with E-state index in [2.05, 4.69) is 10.3 Å². The Kier molecular flexibility index (Phi) is 5.71. The first-order valence-electron chi connectivity index (χ1n) is 9.67. The minimum atomic E-state index is -3.91. The van der Waals surface area contributed by atoms with Gasteiger partial charge in [0.15, 0.2) is 0 Å². The number of hydrogen-bond donors (Lipinski definition) is 2. The molecule has 0 aliphatic carbocycles. The molecule has 0 aliphatic heterocycles. The van der Waals surface area contributed by atoms with Gasteiger partial charge >= 0.3 is 0 Å². The first-order chi connectivity index (χ1) is 14.9. The third-order valence-corrected chi connectivity index (χ3v) is 7.16. The molecule has 0 unspecified atom stereocenters. The molecule has 1 heterocycles. The molecule has 0 bridgehead atoms. The Bertz CT molecular complexity index is 1350. The summed E-state index contributed by atoms with van der Waals surface area (Å²) in [6, 6.07) is 22.2. The summed E-state index contributed by atoms with van der Waals surface area (Å²) in [6.07, 6.45) is 0. The molecule has 0 saturated carbocycles. The highest BCUT2D eigenvalue weighted by molar-refractivity contribution is 7.93. The van der Waals surface area contributed by atoms with Crippen molar-refractivity contribution in [1.29, 1.82) is 0 Å². The first-order valence-corrected chi connectivity index (χ1v) is 11.5. The number of rotatable bonds is 6. The van der Waals surface area contributed by atoms with E-state index in [0.29, 0.717) is 16.2 Å². The van der Waals surface area contributed by atoms with Crippen molar-refractivity contribution in [3.05, 3.63) is 89.6 Å². The van der Waals surface area contributed by atoms with E-state index in [-0.39, 0.29) is 22.8 Å². The van der Waals surface area contributed by atoms with Crippen LogP contribution < -0.4 is 9.62 Å². The molecule has 4 rings (SSSR count). The number of hydrogen-bond acceptors (Lipinski definition) is 3. The summed E-state index contributed by atoms with van der Waals surface area (Å²) in [5.74, 6) is -0.460. The van der Waals surface area contributed by atoms with Crippen LogP contribution in [0.5, 0.6) is 0 Å². The smallest absolute Gasteiger partial charge is 0.272 e. The number of para-hydroxylation sites is 3. The van der Waals surface area contributed by atoms with Crippen molar-refractivity contribution < 1.29 is 13.2 Å². The number of aromatic amines is 1. The molecule has 4 aromatic rings. The molecule has 0 aliphatic rings. The Morgan fingerprint density at radius 2 is 1.71 bits per heavy atom. The van der Waals surface area contributed by atoms with Crippen molar-refractivity contribution in [2.45, 2.75) is 11.8 Å². The highest BCUT2D eigenvalue weighted by atomic mass is 35.5. The number of H-pyrrole nitrogens is 1. The Hall–Kier alpha value is -3.29. The minimum Gasteiger partial charge on any atom is -0.349 e. The molecule has 6 nitrogen and oxygen atoms in total. The lowest BCUT2D eigenvalue weighted by atomic mass is 10.2. The van der Waals surface area contributed by atoms with Gasteiger partial charge in [0.05, 0.1) is 21.9 Å². The fourth-order valence-electron chi connectivity index (χ4n) is 3.43. The van der Waals surface area contributed by atoms with Crippen molar-refractivity contribution in [1.82, 2.24) is 4.98 Å². The van der Waals surface area contributed by atoms with Crippen LogP contribution in [0.25, 0.3) is 10.9 Å². The molecule has 0 fully saturated rings. The fraction of sp³-hybridized carbons (Fsp3) is 0.0870. The van der Waals surface area contributed by atoms with Gasteiger partial charge in [-0.15, -0.1) is 0 Å². The maximum Gasteiger partial charge on any atom is 0.272 e. The van der Waals surface area contributed by atoms with Crippen molar-refractivity contribution in [3.8, 4) is 0 Å². The molecule has 3 aromatic carbocycles. The van der Waals surface area contributed by atoms with E-state index in [4.69, 9.17) is 11.6 Å². The van der Waals surface area contributed by atoms with Crippen LogP contribution in [0.1, 0.15) is 17.4 Å². The lowest BCUT2D eigenvalue weighted by Gasteiger charge is -2.24. The number of anilines is 2. The van der Waals surface area contributed by atoms with Crippen molar-refractivity contribution >= 4 is 49.8 Å². The second kappa shape index (κ2) is 8.45. The van der Waals surface area contributed by atoms with E-state index in [1.165, 1.54) is 10.4 Å². The third kappa shape index (κ3) is 4.02. The van der Waals surface area contributed by atoms with Gasteiger partial charge in [0.2, 0.25) is 0 Å². The number of nitrogens with one attached hydrogen (secondary N) is 2. The van der Waals surface area contributed by atoms with Gasteiger partial charge in [0.25, 0.3) is 15.9 Å². The average Bonchev–Trinajstić information content (AvgIpc) is 3.21. The molecule has 31 heavy (non-hydrogen) atoms. The summed E-state index contributed by atoms with van der Waals surface area (Å²) < 4.78 is 28.2. The zero-order valence-corrected chi connectivity index (χ0v) is 18.2. The van der Waals surface area contributed by atoms with Crippen molar-refractivity contribution in [2.24, 2.45) is 0 Å². The van der Waals surface area contributed by atoms with Crippen LogP contribution in [0.2, 0.25) is 5.02 Å². The van der Waals surface area contributed by atoms with Crippen LogP contribution in [0.15, 0.2) is 83.8 Å². The van der Waals surface area contributed by atoms with E-state index < -0.39 is 15.9 Å². The SMILES string of the molecule is CCN(c1ccccc1)S(=O)(=O)c1ccccc1NC(=O)c1cc2cccc(Cl)c2[nH]1. The zero-order valence-electron chi connectivity index (χ0n) is 16.7. The first kappa shape index (κ1) is 21.0. The fourth-order valence-corrected chi connectivity index (χ4v) is 5.28. The topological polar surface area (TPSA) is 82.3 Å². The summed E-state index contributed by atoms with van der Waals surface area (Å²) >= 11 is 6.18. The standard InChI is InChI=1S/C23H20ClN3O3S/c1-2-27(17-10-4-3-5-11-17)31(29,30)21-14-7-6-13-19(21)26-23(28)20-15-16-9-8-12-18(24)22(16)25-20/h3-15,25H,2H2,1H3,(H,26,28). The molecule has 0 saturated heterocycles. The number of sulfonamides is 1. The van der Waals surface area contributed by atoms with Gasteiger partial charge in [-0.05, 0) is 43.3 Å². The van der Waals surface area contributed by atoms with E-state index in [9.17, 15) is 13.2 Å². The van der Waals surface area contributed by atoms with Crippen LogP contribution in [0.3, 0.4) is 0 Å². The molecule has 0 atom stereocenters. The minimum absolute atomic E-state index is 0.0168. The largest absolute Gasteiger partial charge is 0.349 e. The third-order valence-electron chi connectivity index (χ3n) is 4.88. The molecule has 1 amide bonds. The van der Waals surface area contributed by atoms with Gasteiger partial charge in [-0.2, -0.15) is 0 Å². The average molecular weight is 454 g/mol. The predicted molar refractivity (Wildman–Crippen MR) is 124 cm³/mol. The van der Waals surface area contributed by atoms with E-state index in [0.717, 1.165) is 5.39 Å². The normalized spacial score (nSPS) is 11.4. The number of carbonyl (C=O) groups is 1. The Labute approximate surface area is 185 Å². The summed E-state index contributed by atoms with van der Waals surface area (Å²) in [4.78, 5) is 15.9. The molecule has 158 valence electrons. The van der Waals surface area contributed by atoms with Crippen LogP contribution in [0, 0.1) is 0 Å². The summed E-state index contributed by atoms with van der Waals surface area (Å²) in [5, 5.41) is 4.02. The monoisotopic (exact) mass is 453 g/mol. The Morgan fingerprint density at radius 1 is 1.00 bits per heavy atom. The second-order valence-electron chi connectivity index (χ2n) is 6.84.